The highest BCUT2D eigenvalue weighted by Gasteiger charge is 2.30. The second kappa shape index (κ2) is 10.1. The van der Waals surface area contributed by atoms with E-state index >= 15 is 0 Å². The summed E-state index contributed by atoms with van der Waals surface area (Å²) in [6.45, 7) is 8.84. The van der Waals surface area contributed by atoms with Gasteiger partial charge >= 0.3 is 6.18 Å². The molecule has 0 unspecified atom stereocenters. The van der Waals surface area contributed by atoms with E-state index in [-0.39, 0.29) is 12.5 Å². The van der Waals surface area contributed by atoms with Crippen LogP contribution >= 0.6 is 0 Å². The molecule has 1 fully saturated rings. The Morgan fingerprint density at radius 1 is 0.943 bits per heavy atom. The van der Waals surface area contributed by atoms with Gasteiger partial charge in [0.1, 0.15) is 5.82 Å². The van der Waals surface area contributed by atoms with Crippen molar-refractivity contribution in [3.63, 3.8) is 0 Å². The first kappa shape index (κ1) is 24.8. The molecule has 2 aromatic heterocycles. The minimum atomic E-state index is -4.35. The zero-order valence-corrected chi connectivity index (χ0v) is 19.9. The standard InChI is InChI=1S/C24H28F3N7O/c1-16-11-17(2)29-23(28-16)34-21(12-18(3)31-34)30-22(35)15-33-9-7-32(8-10-33)14-19-5-4-6-20(13-19)24(25,26)27/h4-6,11-13H,7-10,14-15H2,1-3H3,(H,30,35). The van der Waals surface area contributed by atoms with Gasteiger partial charge in [-0.1, -0.05) is 18.2 Å². The van der Waals surface area contributed by atoms with E-state index in [0.29, 0.717) is 50.1 Å². The number of nitrogens with zero attached hydrogens (tertiary/aromatic N) is 6. The van der Waals surface area contributed by atoms with E-state index in [1.54, 1.807) is 12.1 Å². The Morgan fingerprint density at radius 3 is 2.26 bits per heavy atom. The van der Waals surface area contributed by atoms with Crippen molar-refractivity contribution < 1.29 is 18.0 Å². The Hall–Kier alpha value is -3.31. The summed E-state index contributed by atoms with van der Waals surface area (Å²) in [7, 11) is 0. The van der Waals surface area contributed by atoms with Crippen LogP contribution in [0.2, 0.25) is 0 Å². The summed E-state index contributed by atoms with van der Waals surface area (Å²) in [5.41, 5.74) is 2.34. The molecule has 186 valence electrons. The van der Waals surface area contributed by atoms with E-state index in [2.05, 4.69) is 25.3 Å². The third kappa shape index (κ3) is 6.43. The van der Waals surface area contributed by atoms with Gasteiger partial charge in [0, 0.05) is 50.2 Å². The number of hydrogen-bond donors (Lipinski definition) is 1. The average molecular weight is 488 g/mol. The number of nitrogens with one attached hydrogen (secondary N) is 1. The Balaban J connectivity index is 1.32. The molecular weight excluding hydrogens is 459 g/mol. The molecule has 11 heteroatoms. The predicted octanol–water partition coefficient (Wildman–Crippen LogP) is 3.36. The quantitative estimate of drug-likeness (QED) is 0.575. The highest BCUT2D eigenvalue weighted by atomic mass is 19.4. The highest BCUT2D eigenvalue weighted by molar-refractivity contribution is 5.91. The third-order valence-corrected chi connectivity index (χ3v) is 5.75. The SMILES string of the molecule is Cc1cc(C)nc(-n2nc(C)cc2NC(=O)CN2CCN(Cc3cccc(C(F)(F)F)c3)CC2)n1. The molecule has 1 aliphatic rings. The van der Waals surface area contributed by atoms with Crippen molar-refractivity contribution in [3.05, 3.63) is 64.6 Å². The first-order chi connectivity index (χ1) is 16.6. The van der Waals surface area contributed by atoms with Crippen LogP contribution in [0.15, 0.2) is 36.4 Å². The normalized spacial score (nSPS) is 15.4. The lowest BCUT2D eigenvalue weighted by Gasteiger charge is -2.34. The van der Waals surface area contributed by atoms with Crippen LogP contribution in [-0.4, -0.2) is 68.2 Å². The summed E-state index contributed by atoms with van der Waals surface area (Å²) < 4.78 is 40.4. The van der Waals surface area contributed by atoms with Crippen molar-refractivity contribution in [3.8, 4) is 5.95 Å². The number of halogens is 3. The zero-order chi connectivity index (χ0) is 25.2. The zero-order valence-electron chi connectivity index (χ0n) is 19.9. The maximum Gasteiger partial charge on any atom is 0.416 e. The van der Waals surface area contributed by atoms with Gasteiger partial charge in [-0.25, -0.2) is 9.97 Å². The number of rotatable bonds is 6. The van der Waals surface area contributed by atoms with Crippen LogP contribution in [0.1, 0.15) is 28.2 Å². The minimum absolute atomic E-state index is 0.179. The summed E-state index contributed by atoms with van der Waals surface area (Å²) in [5.74, 6) is 0.719. The van der Waals surface area contributed by atoms with Crippen LogP contribution in [0.5, 0.6) is 0 Å². The van der Waals surface area contributed by atoms with Gasteiger partial charge in [-0.05, 0) is 38.5 Å². The maximum atomic E-state index is 13.0. The highest BCUT2D eigenvalue weighted by Crippen LogP contribution is 2.29. The lowest BCUT2D eigenvalue weighted by molar-refractivity contribution is -0.137. The van der Waals surface area contributed by atoms with Crippen molar-refractivity contribution in [2.45, 2.75) is 33.5 Å². The molecule has 4 rings (SSSR count). The lowest BCUT2D eigenvalue weighted by atomic mass is 10.1. The van der Waals surface area contributed by atoms with E-state index < -0.39 is 11.7 Å². The number of carbonyl (C=O) groups excluding carboxylic acids is 1. The van der Waals surface area contributed by atoms with Gasteiger partial charge in [-0.3, -0.25) is 14.6 Å². The van der Waals surface area contributed by atoms with Crippen molar-refractivity contribution in [1.29, 1.82) is 0 Å². The second-order valence-electron chi connectivity index (χ2n) is 8.83. The first-order valence-electron chi connectivity index (χ1n) is 11.4. The van der Waals surface area contributed by atoms with Crippen molar-refractivity contribution >= 4 is 11.7 Å². The molecule has 3 heterocycles. The van der Waals surface area contributed by atoms with Crippen molar-refractivity contribution in [2.24, 2.45) is 0 Å². The van der Waals surface area contributed by atoms with Crippen molar-refractivity contribution in [1.82, 2.24) is 29.5 Å². The van der Waals surface area contributed by atoms with Gasteiger partial charge in [-0.2, -0.15) is 23.0 Å². The Kier molecular flexibility index (Phi) is 7.18. The van der Waals surface area contributed by atoms with E-state index in [0.717, 1.165) is 23.1 Å². The number of benzene rings is 1. The second-order valence-corrected chi connectivity index (χ2v) is 8.83. The van der Waals surface area contributed by atoms with E-state index in [1.807, 2.05) is 31.7 Å². The van der Waals surface area contributed by atoms with Crippen LogP contribution in [0, 0.1) is 20.8 Å². The third-order valence-electron chi connectivity index (χ3n) is 5.75. The van der Waals surface area contributed by atoms with Crippen molar-refractivity contribution in [2.75, 3.05) is 38.0 Å². The van der Waals surface area contributed by atoms with Crippen LogP contribution in [0.25, 0.3) is 5.95 Å². The van der Waals surface area contributed by atoms with E-state index in [4.69, 9.17) is 0 Å². The summed E-state index contributed by atoms with van der Waals surface area (Å²) in [5, 5.41) is 7.33. The summed E-state index contributed by atoms with van der Waals surface area (Å²) in [6.07, 6.45) is -4.35. The van der Waals surface area contributed by atoms with Gasteiger partial charge in [-0.15, -0.1) is 0 Å². The van der Waals surface area contributed by atoms with Crippen LogP contribution < -0.4 is 5.32 Å². The molecule has 0 aliphatic carbocycles. The predicted molar refractivity (Wildman–Crippen MR) is 125 cm³/mol. The Bertz CT molecular complexity index is 1180. The molecule has 8 nitrogen and oxygen atoms in total. The number of alkyl halides is 3. The summed E-state index contributed by atoms with van der Waals surface area (Å²) in [6, 6.07) is 9.06. The molecule has 0 saturated carbocycles. The van der Waals surface area contributed by atoms with E-state index in [1.165, 1.54) is 16.8 Å². The van der Waals surface area contributed by atoms with Gasteiger partial charge < -0.3 is 5.32 Å². The smallest absolute Gasteiger partial charge is 0.309 e. The Morgan fingerprint density at radius 2 is 1.60 bits per heavy atom. The van der Waals surface area contributed by atoms with Gasteiger partial charge in [0.2, 0.25) is 5.91 Å². The van der Waals surface area contributed by atoms with Crippen LogP contribution in [0.4, 0.5) is 19.0 Å². The first-order valence-corrected chi connectivity index (χ1v) is 11.4. The summed E-state index contributed by atoms with van der Waals surface area (Å²) in [4.78, 5) is 25.7. The fourth-order valence-electron chi connectivity index (χ4n) is 4.14. The topological polar surface area (TPSA) is 79.2 Å². The molecule has 0 bridgehead atoms. The number of aryl methyl sites for hydroxylation is 3. The molecule has 1 aliphatic heterocycles. The number of carbonyl (C=O) groups is 1. The molecule has 1 aromatic carbocycles. The molecule has 0 radical (unpaired) electrons. The molecule has 0 spiro atoms. The van der Waals surface area contributed by atoms with Gasteiger partial charge in [0.05, 0.1) is 17.8 Å². The number of hydrogen-bond acceptors (Lipinski definition) is 6. The number of amides is 1. The molecule has 35 heavy (non-hydrogen) atoms. The van der Waals surface area contributed by atoms with Crippen LogP contribution in [-0.2, 0) is 17.5 Å². The van der Waals surface area contributed by atoms with Gasteiger partial charge in [0.25, 0.3) is 5.95 Å². The lowest BCUT2D eigenvalue weighted by Crippen LogP contribution is -2.48. The molecule has 1 saturated heterocycles. The fraction of sp³-hybridized carbons (Fsp3) is 0.417. The minimum Gasteiger partial charge on any atom is -0.309 e. The number of aromatic nitrogens is 4. The molecule has 1 N–H and O–H groups in total. The monoisotopic (exact) mass is 487 g/mol. The average Bonchev–Trinajstić information content (AvgIpc) is 3.14. The maximum absolute atomic E-state index is 13.0. The fourth-order valence-corrected chi connectivity index (χ4v) is 4.14. The summed E-state index contributed by atoms with van der Waals surface area (Å²) >= 11 is 0. The number of piperazine rings is 1. The largest absolute Gasteiger partial charge is 0.416 e. The van der Waals surface area contributed by atoms with Gasteiger partial charge in [0.15, 0.2) is 0 Å². The molecule has 3 aromatic rings. The van der Waals surface area contributed by atoms with E-state index in [9.17, 15) is 18.0 Å². The molecular formula is C24H28F3N7O. The Labute approximate surface area is 201 Å². The molecule has 1 amide bonds. The van der Waals surface area contributed by atoms with Crippen LogP contribution in [0.3, 0.4) is 0 Å². The molecule has 0 atom stereocenters. The number of anilines is 1.